The molecule has 0 aliphatic rings. The molecule has 0 aromatic rings. The lowest BCUT2D eigenvalue weighted by Gasteiger charge is -2.20. The van der Waals surface area contributed by atoms with Gasteiger partial charge in [0.1, 0.15) is 13.2 Å². The van der Waals surface area contributed by atoms with Gasteiger partial charge in [0, 0.05) is 25.9 Å². The number of carbonyl (C=O) groups is 4. The zero-order chi connectivity index (χ0) is 22.9. The highest BCUT2D eigenvalue weighted by Crippen LogP contribution is 2.21. The van der Waals surface area contributed by atoms with Gasteiger partial charge in [-0.1, -0.05) is 19.9 Å². The third-order valence-electron chi connectivity index (χ3n) is 4.08. The Labute approximate surface area is 174 Å². The van der Waals surface area contributed by atoms with Crippen LogP contribution in [0.5, 0.6) is 0 Å². The van der Waals surface area contributed by atoms with Crippen LogP contribution in [0.2, 0.25) is 0 Å². The molecule has 0 saturated carbocycles. The van der Waals surface area contributed by atoms with Crippen LogP contribution < -0.4 is 10.6 Å². The van der Waals surface area contributed by atoms with Crippen LogP contribution in [0.4, 0.5) is 0 Å². The van der Waals surface area contributed by atoms with Gasteiger partial charge in [0.15, 0.2) is 0 Å². The molecule has 0 radical (unpaired) electrons. The Morgan fingerprint density at radius 3 is 2.10 bits per heavy atom. The molecule has 168 valence electrons. The average molecular weight is 415 g/mol. The normalized spacial score (nSPS) is 11.2. The summed E-state index contributed by atoms with van der Waals surface area (Å²) in [5.74, 6) is -0.985. The van der Waals surface area contributed by atoms with Crippen molar-refractivity contribution in [1.29, 1.82) is 0 Å². The number of carbonyl (C=O) groups excluding carboxylic acids is 4. The van der Waals surface area contributed by atoms with E-state index in [-0.39, 0.29) is 43.8 Å². The fraction of sp³-hybridized carbons (Fsp3) is 0.714. The molecule has 1 unspecified atom stereocenters. The Morgan fingerprint density at radius 1 is 1.07 bits per heavy atom. The van der Waals surface area contributed by atoms with Crippen molar-refractivity contribution in [3.63, 3.8) is 0 Å². The summed E-state index contributed by atoms with van der Waals surface area (Å²) in [5, 5.41) is 5.31. The van der Waals surface area contributed by atoms with Crippen LogP contribution in [0.3, 0.4) is 0 Å². The molecular weight excluding hydrogens is 376 g/mol. The third kappa shape index (κ3) is 17.5. The maximum absolute atomic E-state index is 11.6. The monoisotopic (exact) mass is 414 g/mol. The molecule has 0 bridgehead atoms. The lowest BCUT2D eigenvalue weighted by molar-refractivity contribution is -0.159. The highest BCUT2D eigenvalue weighted by Gasteiger charge is 2.26. The summed E-state index contributed by atoms with van der Waals surface area (Å²) in [4.78, 5) is 44.5. The number of hydrogen-bond donors (Lipinski definition) is 2. The summed E-state index contributed by atoms with van der Waals surface area (Å²) in [6.45, 7) is 14.9. The second-order valence-electron chi connectivity index (χ2n) is 7.20. The van der Waals surface area contributed by atoms with E-state index in [1.54, 1.807) is 19.9 Å². The molecule has 0 spiro atoms. The van der Waals surface area contributed by atoms with Gasteiger partial charge in [-0.2, -0.15) is 0 Å². The maximum Gasteiger partial charge on any atom is 0.311 e. The van der Waals surface area contributed by atoms with Crippen molar-refractivity contribution in [3.05, 3.63) is 12.7 Å². The average Bonchev–Trinajstić information content (AvgIpc) is 2.67. The smallest absolute Gasteiger partial charge is 0.311 e. The minimum absolute atomic E-state index is 0.00134. The van der Waals surface area contributed by atoms with E-state index in [1.165, 1.54) is 6.92 Å². The largest absolute Gasteiger partial charge is 0.462 e. The molecule has 2 N–H and O–H groups in total. The molecule has 0 aliphatic heterocycles. The highest BCUT2D eigenvalue weighted by molar-refractivity contribution is 5.81. The molecule has 0 rings (SSSR count). The number of amides is 2. The molecule has 0 fully saturated rings. The molecule has 0 aliphatic carbocycles. The zero-order valence-corrected chi connectivity index (χ0v) is 18.8. The van der Waals surface area contributed by atoms with Crippen LogP contribution in [-0.2, 0) is 28.7 Å². The number of rotatable bonds is 12. The van der Waals surface area contributed by atoms with Crippen molar-refractivity contribution >= 4 is 23.8 Å². The van der Waals surface area contributed by atoms with Gasteiger partial charge in [-0.05, 0) is 33.6 Å². The minimum atomic E-state index is -0.534. The van der Waals surface area contributed by atoms with Gasteiger partial charge in [-0.3, -0.25) is 19.2 Å². The fourth-order valence-corrected chi connectivity index (χ4v) is 1.64. The van der Waals surface area contributed by atoms with Gasteiger partial charge in [-0.15, -0.1) is 6.58 Å². The second kappa shape index (κ2) is 16.6. The van der Waals surface area contributed by atoms with E-state index in [1.807, 2.05) is 20.8 Å². The van der Waals surface area contributed by atoms with Crippen LogP contribution in [0.15, 0.2) is 12.7 Å². The molecule has 29 heavy (non-hydrogen) atoms. The number of esters is 2. The molecule has 0 aromatic carbocycles. The Hall–Kier alpha value is -2.38. The molecule has 8 nitrogen and oxygen atoms in total. The molecule has 8 heteroatoms. The molecular formula is C21H38N2O6. The number of hydrogen-bond acceptors (Lipinski definition) is 6. The van der Waals surface area contributed by atoms with Crippen LogP contribution >= 0.6 is 0 Å². The minimum Gasteiger partial charge on any atom is -0.462 e. The van der Waals surface area contributed by atoms with Gasteiger partial charge < -0.3 is 20.1 Å². The Balaban J connectivity index is 0. The highest BCUT2D eigenvalue weighted by atomic mass is 16.6. The SMILES string of the molecule is C=CCNC(=O)CCC(=O)OCCOC(=O)C(C)(C)CC.CCC(C)NC(C)=O. The summed E-state index contributed by atoms with van der Waals surface area (Å²) in [6.07, 6.45) is 3.29. The predicted molar refractivity (Wildman–Crippen MR) is 112 cm³/mol. The van der Waals surface area contributed by atoms with Crippen molar-refractivity contribution in [2.24, 2.45) is 5.41 Å². The van der Waals surface area contributed by atoms with Crippen LogP contribution in [0, 0.1) is 5.41 Å². The van der Waals surface area contributed by atoms with E-state index in [0.29, 0.717) is 19.0 Å². The third-order valence-corrected chi connectivity index (χ3v) is 4.08. The van der Waals surface area contributed by atoms with Crippen molar-refractivity contribution in [3.8, 4) is 0 Å². The van der Waals surface area contributed by atoms with E-state index in [9.17, 15) is 19.2 Å². The van der Waals surface area contributed by atoms with E-state index < -0.39 is 11.4 Å². The van der Waals surface area contributed by atoms with Gasteiger partial charge in [0.05, 0.1) is 11.8 Å². The Morgan fingerprint density at radius 2 is 1.66 bits per heavy atom. The summed E-state index contributed by atoms with van der Waals surface area (Å²) in [7, 11) is 0. The lowest BCUT2D eigenvalue weighted by atomic mass is 9.91. The Kier molecular flexibility index (Phi) is 16.5. The van der Waals surface area contributed by atoms with Crippen molar-refractivity contribution in [2.75, 3.05) is 19.8 Å². The molecule has 2 amide bonds. The van der Waals surface area contributed by atoms with E-state index >= 15 is 0 Å². The van der Waals surface area contributed by atoms with Crippen LogP contribution in [-0.4, -0.2) is 49.6 Å². The summed E-state index contributed by atoms with van der Waals surface area (Å²) in [5.41, 5.74) is -0.534. The Bertz CT molecular complexity index is 531. The second-order valence-corrected chi connectivity index (χ2v) is 7.20. The molecule has 0 heterocycles. The topological polar surface area (TPSA) is 111 Å². The molecule has 1 atom stereocenters. The van der Waals surface area contributed by atoms with Gasteiger partial charge in [-0.25, -0.2) is 0 Å². The molecule has 0 saturated heterocycles. The number of nitrogens with one attached hydrogen (secondary N) is 2. The molecule has 0 aromatic heterocycles. The predicted octanol–water partition coefficient (Wildman–Crippen LogP) is 2.51. The first kappa shape index (κ1) is 28.8. The fourth-order valence-electron chi connectivity index (χ4n) is 1.64. The van der Waals surface area contributed by atoms with E-state index in [0.717, 1.165) is 6.42 Å². The van der Waals surface area contributed by atoms with E-state index in [4.69, 9.17) is 9.47 Å². The first-order valence-corrected chi connectivity index (χ1v) is 9.97. The number of ether oxygens (including phenoxy) is 2. The first-order valence-electron chi connectivity index (χ1n) is 9.97. The first-order chi connectivity index (χ1) is 13.5. The quantitative estimate of drug-likeness (QED) is 0.288. The van der Waals surface area contributed by atoms with Gasteiger partial charge in [0.2, 0.25) is 11.8 Å². The van der Waals surface area contributed by atoms with Crippen LogP contribution in [0.25, 0.3) is 0 Å². The van der Waals surface area contributed by atoms with Crippen LogP contribution in [0.1, 0.15) is 67.2 Å². The zero-order valence-electron chi connectivity index (χ0n) is 18.8. The van der Waals surface area contributed by atoms with Crippen molar-refractivity contribution < 1.29 is 28.7 Å². The summed E-state index contributed by atoms with van der Waals surface area (Å²) < 4.78 is 9.90. The summed E-state index contributed by atoms with van der Waals surface area (Å²) in [6, 6.07) is 0.326. The van der Waals surface area contributed by atoms with Crippen molar-refractivity contribution in [2.45, 2.75) is 73.3 Å². The van der Waals surface area contributed by atoms with E-state index in [2.05, 4.69) is 17.2 Å². The maximum atomic E-state index is 11.6. The van der Waals surface area contributed by atoms with Gasteiger partial charge in [0.25, 0.3) is 0 Å². The standard InChI is InChI=1S/C15H25NO5.C6H13NO/c1-5-9-16-12(17)7-8-13(18)20-10-11-21-14(19)15(3,4)6-2;1-4-5(2)7-6(3)8/h5H,1,6-11H2,2-4H3,(H,16,17);5H,4H2,1-3H3,(H,7,8). The van der Waals surface area contributed by atoms with Gasteiger partial charge >= 0.3 is 11.9 Å². The lowest BCUT2D eigenvalue weighted by Crippen LogP contribution is -2.29. The summed E-state index contributed by atoms with van der Waals surface area (Å²) >= 11 is 0. The van der Waals surface area contributed by atoms with Crippen molar-refractivity contribution in [1.82, 2.24) is 10.6 Å².